The van der Waals surface area contributed by atoms with Gasteiger partial charge < -0.3 is 20.8 Å². The van der Waals surface area contributed by atoms with E-state index in [-0.39, 0.29) is 18.0 Å². The quantitative estimate of drug-likeness (QED) is 0.393. The van der Waals surface area contributed by atoms with Gasteiger partial charge in [-0.25, -0.2) is 8.42 Å². The summed E-state index contributed by atoms with van der Waals surface area (Å²) in [7, 11) is -3.84. The van der Waals surface area contributed by atoms with Crippen LogP contribution in [0.5, 0.6) is 5.75 Å². The molecule has 0 aliphatic heterocycles. The van der Waals surface area contributed by atoms with Crippen LogP contribution in [0, 0.1) is 0 Å². The first kappa shape index (κ1) is 23.5. The number of nitrogens with two attached hydrogens (primary N) is 1. The van der Waals surface area contributed by atoms with Crippen LogP contribution in [0.15, 0.2) is 87.9 Å². The topological polar surface area (TPSA) is 125 Å². The zero-order valence-corrected chi connectivity index (χ0v) is 18.6. The number of hydrogen-bond donors (Lipinski definition) is 3. The Labute approximate surface area is 188 Å². The molecule has 0 aromatic heterocycles. The number of oxime groups is 1. The Morgan fingerprint density at radius 1 is 1.16 bits per heavy atom. The summed E-state index contributed by atoms with van der Waals surface area (Å²) in [5.74, 6) is 0.500. The molecular weight excluding hydrogens is 430 g/mol. The van der Waals surface area contributed by atoms with Gasteiger partial charge in [-0.15, -0.1) is 0 Å². The van der Waals surface area contributed by atoms with E-state index in [1.807, 2.05) is 13.0 Å². The maximum Gasteiger partial charge on any atom is 0.264 e. The third kappa shape index (κ3) is 5.18. The highest BCUT2D eigenvalue weighted by Crippen LogP contribution is 2.27. The Morgan fingerprint density at radius 3 is 2.59 bits per heavy atom. The van der Waals surface area contributed by atoms with Crippen molar-refractivity contribution >= 4 is 21.4 Å². The Morgan fingerprint density at radius 2 is 1.91 bits per heavy atom. The molecule has 0 amide bonds. The molecule has 32 heavy (non-hydrogen) atoms. The molecule has 1 atom stereocenters. The molecule has 0 saturated carbocycles. The fourth-order valence-electron chi connectivity index (χ4n) is 3.47. The fourth-order valence-corrected chi connectivity index (χ4v) is 4.94. The number of ether oxygens (including phenoxy) is 1. The van der Waals surface area contributed by atoms with Crippen LogP contribution in [0.2, 0.25) is 0 Å². The smallest absolute Gasteiger partial charge is 0.264 e. The van der Waals surface area contributed by atoms with Gasteiger partial charge in [0, 0.05) is 12.5 Å². The molecule has 8 nitrogen and oxygen atoms in total. The Kier molecular flexibility index (Phi) is 7.68. The summed E-state index contributed by atoms with van der Waals surface area (Å²) in [5, 5.41) is 21.9. The molecule has 2 aromatic rings. The number of allylic oxidation sites excluding steroid dienone is 1. The lowest BCUT2D eigenvalue weighted by molar-refractivity contribution is 0.306. The zero-order chi connectivity index (χ0) is 23.1. The van der Waals surface area contributed by atoms with E-state index in [0.29, 0.717) is 30.2 Å². The van der Waals surface area contributed by atoms with E-state index < -0.39 is 16.1 Å². The van der Waals surface area contributed by atoms with Crippen molar-refractivity contribution in [3.63, 3.8) is 0 Å². The normalized spacial score (nSPS) is 17.6. The van der Waals surface area contributed by atoms with Crippen molar-refractivity contribution in [1.82, 2.24) is 0 Å². The summed E-state index contributed by atoms with van der Waals surface area (Å²) in [4.78, 5) is 0.144. The first-order chi connectivity index (χ1) is 15.4. The molecule has 0 spiro atoms. The van der Waals surface area contributed by atoms with Crippen LogP contribution < -0.4 is 14.8 Å². The number of rotatable bonds is 9. The lowest BCUT2D eigenvalue weighted by Crippen LogP contribution is -2.33. The number of nitrogens with zero attached hydrogens (tertiary/aromatic N) is 2. The van der Waals surface area contributed by atoms with E-state index in [4.69, 9.17) is 15.7 Å². The van der Waals surface area contributed by atoms with E-state index in [1.54, 1.807) is 48.5 Å². The van der Waals surface area contributed by atoms with Gasteiger partial charge in [-0.05, 0) is 42.3 Å². The van der Waals surface area contributed by atoms with Crippen molar-refractivity contribution in [2.45, 2.75) is 24.3 Å². The summed E-state index contributed by atoms with van der Waals surface area (Å²) in [6.45, 7) is 1.77. The molecule has 4 N–H and O–H groups in total. The highest BCUT2D eigenvalue weighted by Gasteiger charge is 2.24. The molecule has 1 unspecified atom stereocenters. The van der Waals surface area contributed by atoms with Crippen molar-refractivity contribution in [3.8, 4) is 5.75 Å². The first-order valence-corrected chi connectivity index (χ1v) is 11.6. The molecule has 0 bridgehead atoms. The molecule has 0 fully saturated rings. The standard InChI is InChI=1S/C23H27N3O5S/c1-17-18(10-11-22(24)23(17)25-28)12-15-31-20-7-5-6-19(16-20)26(13-14-27)32(29,30)21-8-3-2-4-9-21/h2-11,16,22,27-28H,12-15,24H2,1H3. The van der Waals surface area contributed by atoms with Gasteiger partial charge in [0.25, 0.3) is 10.0 Å². The van der Waals surface area contributed by atoms with Crippen LogP contribution in [0.25, 0.3) is 0 Å². The van der Waals surface area contributed by atoms with Crippen molar-refractivity contribution in [2.24, 2.45) is 10.9 Å². The molecule has 0 saturated heterocycles. The summed E-state index contributed by atoms with van der Waals surface area (Å²) in [5.41, 5.74) is 8.47. The van der Waals surface area contributed by atoms with Crippen LogP contribution in [0.4, 0.5) is 5.69 Å². The SMILES string of the molecule is CC1=C(CCOc2cccc(N(CCO)S(=O)(=O)c3ccccc3)c2)C=CC(N)C1=NO. The number of anilines is 1. The van der Waals surface area contributed by atoms with Gasteiger partial charge in [0.15, 0.2) is 0 Å². The van der Waals surface area contributed by atoms with Gasteiger partial charge >= 0.3 is 0 Å². The number of aliphatic hydroxyl groups excluding tert-OH is 1. The average Bonchev–Trinajstić information content (AvgIpc) is 2.80. The van der Waals surface area contributed by atoms with Gasteiger partial charge in [0.05, 0.1) is 36.4 Å². The minimum Gasteiger partial charge on any atom is -0.493 e. The second-order valence-corrected chi connectivity index (χ2v) is 9.09. The van der Waals surface area contributed by atoms with E-state index >= 15 is 0 Å². The molecular formula is C23H27N3O5S. The minimum atomic E-state index is -3.84. The summed E-state index contributed by atoms with van der Waals surface area (Å²) >= 11 is 0. The highest BCUT2D eigenvalue weighted by molar-refractivity contribution is 7.92. The van der Waals surface area contributed by atoms with Crippen LogP contribution in [0.1, 0.15) is 13.3 Å². The molecule has 1 aliphatic carbocycles. The van der Waals surface area contributed by atoms with E-state index in [0.717, 1.165) is 15.5 Å². The van der Waals surface area contributed by atoms with Crippen LogP contribution >= 0.6 is 0 Å². The predicted molar refractivity (Wildman–Crippen MR) is 124 cm³/mol. The lowest BCUT2D eigenvalue weighted by atomic mass is 9.92. The summed E-state index contributed by atoms with van der Waals surface area (Å²) in [6.07, 6.45) is 4.21. The van der Waals surface area contributed by atoms with E-state index in [9.17, 15) is 13.5 Å². The lowest BCUT2D eigenvalue weighted by Gasteiger charge is -2.24. The molecule has 2 aromatic carbocycles. The van der Waals surface area contributed by atoms with E-state index in [2.05, 4.69) is 5.16 Å². The maximum atomic E-state index is 13.1. The van der Waals surface area contributed by atoms with Gasteiger partial charge in [0.1, 0.15) is 11.5 Å². The third-order valence-corrected chi connectivity index (χ3v) is 7.02. The maximum absolute atomic E-state index is 13.1. The molecule has 3 rings (SSSR count). The molecule has 0 radical (unpaired) electrons. The van der Waals surface area contributed by atoms with Gasteiger partial charge in [0.2, 0.25) is 0 Å². The van der Waals surface area contributed by atoms with Crippen molar-refractivity contribution in [2.75, 3.05) is 24.1 Å². The van der Waals surface area contributed by atoms with Gasteiger partial charge in [-0.3, -0.25) is 4.31 Å². The molecule has 170 valence electrons. The summed E-state index contributed by atoms with van der Waals surface area (Å²) in [6, 6.07) is 14.4. The largest absolute Gasteiger partial charge is 0.493 e. The van der Waals surface area contributed by atoms with Gasteiger partial charge in [-0.1, -0.05) is 41.6 Å². The molecule has 1 aliphatic rings. The van der Waals surface area contributed by atoms with Crippen molar-refractivity contribution < 1.29 is 23.5 Å². The molecule has 0 heterocycles. The fraction of sp³-hybridized carbons (Fsp3) is 0.261. The second-order valence-electron chi connectivity index (χ2n) is 7.23. The van der Waals surface area contributed by atoms with Crippen LogP contribution in [-0.2, 0) is 10.0 Å². The number of aliphatic hydroxyl groups is 1. The Balaban J connectivity index is 1.76. The van der Waals surface area contributed by atoms with Crippen molar-refractivity contribution in [1.29, 1.82) is 0 Å². The van der Waals surface area contributed by atoms with Gasteiger partial charge in [-0.2, -0.15) is 0 Å². The van der Waals surface area contributed by atoms with Crippen molar-refractivity contribution in [3.05, 3.63) is 77.9 Å². The number of hydrogen-bond acceptors (Lipinski definition) is 7. The monoisotopic (exact) mass is 457 g/mol. The third-order valence-electron chi connectivity index (χ3n) is 5.17. The predicted octanol–water partition coefficient (Wildman–Crippen LogP) is 2.69. The van der Waals surface area contributed by atoms with Crippen LogP contribution in [-0.4, -0.2) is 50.2 Å². The number of benzene rings is 2. The Hall–Kier alpha value is -3.14. The van der Waals surface area contributed by atoms with Crippen LogP contribution in [0.3, 0.4) is 0 Å². The molecule has 9 heteroatoms. The zero-order valence-electron chi connectivity index (χ0n) is 17.8. The van der Waals surface area contributed by atoms with E-state index in [1.165, 1.54) is 12.1 Å². The highest BCUT2D eigenvalue weighted by atomic mass is 32.2. The number of sulfonamides is 1. The Bertz CT molecular complexity index is 1130. The average molecular weight is 458 g/mol. The second kappa shape index (κ2) is 10.4. The summed E-state index contributed by atoms with van der Waals surface area (Å²) < 4.78 is 33.2. The minimum absolute atomic E-state index is 0.0823. The first-order valence-electron chi connectivity index (χ1n) is 10.2.